The second-order valence-electron chi connectivity index (χ2n) is 7.14. The topological polar surface area (TPSA) is 83.1 Å². The van der Waals surface area contributed by atoms with E-state index in [4.69, 9.17) is 30.5 Å². The van der Waals surface area contributed by atoms with Crippen LogP contribution in [-0.2, 0) is 4.74 Å². The molecule has 0 aliphatic heterocycles. The van der Waals surface area contributed by atoms with Crippen LogP contribution in [0.15, 0.2) is 41.8 Å². The normalized spacial score (nSPS) is 10.5. The molecule has 0 aliphatic carbocycles. The number of amides is 1. The van der Waals surface area contributed by atoms with Crippen molar-refractivity contribution in [3.8, 4) is 28.4 Å². The molecule has 7 nitrogen and oxygen atoms in total. The summed E-state index contributed by atoms with van der Waals surface area (Å²) in [6, 6.07) is 10.3. The van der Waals surface area contributed by atoms with Crippen LogP contribution in [0.2, 0.25) is 5.02 Å². The fourth-order valence-corrected chi connectivity index (χ4v) is 4.47. The number of benzene rings is 2. The molecule has 0 saturated carbocycles. The number of hydrogen-bond acceptors (Lipinski definition) is 7. The average molecular weight is 518 g/mol. The number of esters is 1. The Kier molecular flexibility index (Phi) is 9.39. The second kappa shape index (κ2) is 12.5. The van der Waals surface area contributed by atoms with E-state index in [1.54, 1.807) is 36.6 Å². The van der Waals surface area contributed by atoms with Crippen LogP contribution in [-0.4, -0.2) is 38.3 Å². The van der Waals surface area contributed by atoms with Gasteiger partial charge < -0.3 is 24.3 Å². The van der Waals surface area contributed by atoms with Crippen LogP contribution >= 0.6 is 22.9 Å². The van der Waals surface area contributed by atoms with Gasteiger partial charge in [-0.15, -0.1) is 11.3 Å². The minimum atomic E-state index is -0.522. The molecule has 0 saturated heterocycles. The first-order chi connectivity index (χ1) is 16.9. The summed E-state index contributed by atoms with van der Waals surface area (Å²) in [6.45, 7) is 8.68. The Balaban J connectivity index is 2.01. The third kappa shape index (κ3) is 6.26. The summed E-state index contributed by atoms with van der Waals surface area (Å²) in [5, 5.41) is 5.63. The van der Waals surface area contributed by atoms with Gasteiger partial charge in [-0.05, 0) is 57.5 Å². The van der Waals surface area contributed by atoms with Gasteiger partial charge in [-0.2, -0.15) is 0 Å². The molecular weight excluding hydrogens is 490 g/mol. The molecule has 0 radical (unpaired) electrons. The van der Waals surface area contributed by atoms with Gasteiger partial charge in [0.1, 0.15) is 10.6 Å². The number of halogens is 1. The zero-order valence-electron chi connectivity index (χ0n) is 20.1. The lowest BCUT2D eigenvalue weighted by Crippen LogP contribution is -2.15. The molecule has 0 atom stereocenters. The molecule has 3 aromatic rings. The van der Waals surface area contributed by atoms with Gasteiger partial charge in [0.25, 0.3) is 5.91 Å². The van der Waals surface area contributed by atoms with Crippen molar-refractivity contribution < 1.29 is 28.5 Å². The Labute approximate surface area is 213 Å². The molecule has 0 fully saturated rings. The Morgan fingerprint density at radius 1 is 0.886 bits per heavy atom. The van der Waals surface area contributed by atoms with Crippen molar-refractivity contribution in [1.29, 1.82) is 0 Å². The Morgan fingerprint density at radius 2 is 1.49 bits per heavy atom. The van der Waals surface area contributed by atoms with E-state index in [0.717, 1.165) is 5.56 Å². The maximum absolute atomic E-state index is 13.3. The number of thiophene rings is 1. The fourth-order valence-electron chi connectivity index (χ4n) is 3.39. The van der Waals surface area contributed by atoms with Crippen LogP contribution in [0.3, 0.4) is 0 Å². The lowest BCUT2D eigenvalue weighted by atomic mass is 10.0. The third-order valence-electron chi connectivity index (χ3n) is 4.82. The summed E-state index contributed by atoms with van der Waals surface area (Å²) in [5.74, 6) is 0.310. The van der Waals surface area contributed by atoms with Crippen molar-refractivity contribution in [3.63, 3.8) is 0 Å². The van der Waals surface area contributed by atoms with Gasteiger partial charge in [0.15, 0.2) is 11.5 Å². The smallest absolute Gasteiger partial charge is 0.341 e. The van der Waals surface area contributed by atoms with Gasteiger partial charge in [0.2, 0.25) is 5.75 Å². The van der Waals surface area contributed by atoms with Crippen LogP contribution in [0.1, 0.15) is 48.4 Å². The van der Waals surface area contributed by atoms with Crippen LogP contribution in [0, 0.1) is 0 Å². The van der Waals surface area contributed by atoms with Gasteiger partial charge in [0.05, 0.1) is 26.4 Å². The van der Waals surface area contributed by atoms with Gasteiger partial charge >= 0.3 is 5.97 Å². The molecule has 0 aliphatic rings. The quantitative estimate of drug-likeness (QED) is 0.285. The van der Waals surface area contributed by atoms with Crippen molar-refractivity contribution >= 4 is 39.8 Å². The molecule has 0 bridgehead atoms. The van der Waals surface area contributed by atoms with E-state index in [1.165, 1.54) is 11.3 Å². The first kappa shape index (κ1) is 26.4. The maximum atomic E-state index is 13.3. The summed E-state index contributed by atoms with van der Waals surface area (Å²) < 4.78 is 22.4. The fraction of sp³-hybridized carbons (Fsp3) is 0.308. The minimum Gasteiger partial charge on any atom is -0.490 e. The van der Waals surface area contributed by atoms with E-state index in [9.17, 15) is 9.59 Å². The van der Waals surface area contributed by atoms with E-state index < -0.39 is 11.9 Å². The van der Waals surface area contributed by atoms with Gasteiger partial charge in [-0.3, -0.25) is 4.79 Å². The molecule has 1 aromatic heterocycles. The summed E-state index contributed by atoms with van der Waals surface area (Å²) >= 11 is 7.26. The Hall–Kier alpha value is -3.23. The first-order valence-electron chi connectivity index (χ1n) is 11.4. The Morgan fingerprint density at radius 3 is 2.03 bits per heavy atom. The highest BCUT2D eigenvalue weighted by Gasteiger charge is 2.24. The zero-order chi connectivity index (χ0) is 25.4. The summed E-state index contributed by atoms with van der Waals surface area (Å²) in [7, 11) is 0. The SMILES string of the molecule is CCOC(=O)c1c(-c2ccc(Cl)cc2)csc1NC(=O)c1cc(OCC)c(OCC)c(OCC)c1. The molecule has 0 unspecified atom stereocenters. The van der Waals surface area contributed by atoms with E-state index in [0.29, 0.717) is 58.2 Å². The van der Waals surface area contributed by atoms with Crippen molar-refractivity contribution in [2.24, 2.45) is 0 Å². The molecule has 186 valence electrons. The second-order valence-corrected chi connectivity index (χ2v) is 8.45. The Bertz CT molecular complexity index is 1150. The molecule has 2 aromatic carbocycles. The highest BCUT2D eigenvalue weighted by Crippen LogP contribution is 2.40. The molecule has 0 spiro atoms. The van der Waals surface area contributed by atoms with Gasteiger partial charge in [0, 0.05) is 21.5 Å². The van der Waals surface area contributed by atoms with E-state index in [1.807, 2.05) is 32.9 Å². The van der Waals surface area contributed by atoms with Crippen LogP contribution < -0.4 is 19.5 Å². The lowest BCUT2D eigenvalue weighted by molar-refractivity contribution is 0.0529. The van der Waals surface area contributed by atoms with E-state index in [2.05, 4.69) is 5.32 Å². The minimum absolute atomic E-state index is 0.205. The van der Waals surface area contributed by atoms with Crippen molar-refractivity contribution in [2.45, 2.75) is 27.7 Å². The lowest BCUT2D eigenvalue weighted by Gasteiger charge is -2.17. The van der Waals surface area contributed by atoms with E-state index in [-0.39, 0.29) is 12.2 Å². The number of anilines is 1. The molecule has 3 rings (SSSR count). The standard InChI is InChI=1S/C26H28ClNO6S/c1-5-31-20-13-17(14-21(32-6-2)23(20)33-7-3)24(29)28-25-22(26(30)34-8-4)19(15-35-25)16-9-11-18(27)12-10-16/h9-15H,5-8H2,1-4H3,(H,28,29). The van der Waals surface area contributed by atoms with E-state index >= 15 is 0 Å². The van der Waals surface area contributed by atoms with Gasteiger partial charge in [-0.1, -0.05) is 23.7 Å². The predicted octanol–water partition coefficient (Wildman–Crippen LogP) is 6.69. The molecular formula is C26H28ClNO6S. The molecule has 1 amide bonds. The third-order valence-corrected chi connectivity index (χ3v) is 5.97. The highest BCUT2D eigenvalue weighted by atomic mass is 35.5. The van der Waals surface area contributed by atoms with Crippen molar-refractivity contribution in [1.82, 2.24) is 0 Å². The largest absolute Gasteiger partial charge is 0.490 e. The molecule has 9 heteroatoms. The summed E-state index contributed by atoms with van der Waals surface area (Å²) in [6.07, 6.45) is 0. The summed E-state index contributed by atoms with van der Waals surface area (Å²) in [4.78, 5) is 26.1. The average Bonchev–Trinajstić information content (AvgIpc) is 3.25. The van der Waals surface area contributed by atoms with Crippen molar-refractivity contribution in [3.05, 3.63) is 57.9 Å². The number of carbonyl (C=O) groups is 2. The van der Waals surface area contributed by atoms with Crippen molar-refractivity contribution in [2.75, 3.05) is 31.7 Å². The predicted molar refractivity (Wildman–Crippen MR) is 139 cm³/mol. The molecule has 1 heterocycles. The zero-order valence-corrected chi connectivity index (χ0v) is 21.7. The first-order valence-corrected chi connectivity index (χ1v) is 12.6. The molecule has 1 N–H and O–H groups in total. The monoisotopic (exact) mass is 517 g/mol. The van der Waals surface area contributed by atoms with Crippen LogP contribution in [0.25, 0.3) is 11.1 Å². The summed E-state index contributed by atoms with van der Waals surface area (Å²) in [5.41, 5.74) is 2.02. The van der Waals surface area contributed by atoms with Gasteiger partial charge in [-0.25, -0.2) is 4.79 Å². The van der Waals surface area contributed by atoms with Crippen LogP contribution in [0.5, 0.6) is 17.2 Å². The highest BCUT2D eigenvalue weighted by molar-refractivity contribution is 7.15. The number of hydrogen-bond donors (Lipinski definition) is 1. The molecule has 35 heavy (non-hydrogen) atoms. The number of rotatable bonds is 11. The number of ether oxygens (including phenoxy) is 4. The number of nitrogens with one attached hydrogen (secondary N) is 1. The number of carbonyl (C=O) groups excluding carboxylic acids is 2. The van der Waals surface area contributed by atoms with Crippen LogP contribution in [0.4, 0.5) is 5.00 Å². The maximum Gasteiger partial charge on any atom is 0.341 e.